The van der Waals surface area contributed by atoms with E-state index in [2.05, 4.69) is 10.0 Å². The zero-order chi connectivity index (χ0) is 19.3. The average molecular weight is 397 g/mol. The third-order valence-electron chi connectivity index (χ3n) is 3.57. The summed E-state index contributed by atoms with van der Waals surface area (Å²) in [6.45, 7) is 4.38. The van der Waals surface area contributed by atoms with Crippen LogP contribution in [0.4, 0.5) is 5.69 Å². The number of carbonyl (C=O) groups is 1. The van der Waals surface area contributed by atoms with E-state index >= 15 is 0 Å². The normalized spacial score (nSPS) is 12.3. The summed E-state index contributed by atoms with van der Waals surface area (Å²) < 4.78 is 30.3. The van der Waals surface area contributed by atoms with Crippen LogP contribution in [-0.4, -0.2) is 27.2 Å². The molecule has 2 aromatic rings. The standard InChI is InChI=1S/C18H21ClN2O4S/c1-4-25-15-8-5-13(6-9-15)12(2)20-18(22)14-7-10-17(16(19)11-14)21-26(3,23)24/h5-12,21H,4H2,1-3H3,(H,20,22). The quantitative estimate of drug-likeness (QED) is 0.748. The number of rotatable bonds is 7. The van der Waals surface area contributed by atoms with Gasteiger partial charge in [0, 0.05) is 5.56 Å². The highest BCUT2D eigenvalue weighted by atomic mass is 35.5. The van der Waals surface area contributed by atoms with Gasteiger partial charge in [-0.2, -0.15) is 0 Å². The number of halogens is 1. The van der Waals surface area contributed by atoms with E-state index in [1.807, 2.05) is 38.1 Å². The number of hydrogen-bond acceptors (Lipinski definition) is 4. The minimum Gasteiger partial charge on any atom is -0.494 e. The maximum absolute atomic E-state index is 12.4. The molecule has 1 atom stereocenters. The summed E-state index contributed by atoms with van der Waals surface area (Å²) in [5.74, 6) is 0.467. The summed E-state index contributed by atoms with van der Waals surface area (Å²) in [4.78, 5) is 12.4. The van der Waals surface area contributed by atoms with Crippen LogP contribution in [0.2, 0.25) is 5.02 Å². The van der Waals surface area contributed by atoms with E-state index in [0.29, 0.717) is 12.2 Å². The third kappa shape index (κ3) is 5.64. The van der Waals surface area contributed by atoms with Gasteiger partial charge in [0.05, 0.1) is 29.6 Å². The Morgan fingerprint density at radius 1 is 1.19 bits per heavy atom. The summed E-state index contributed by atoms with van der Waals surface area (Å²) in [5.41, 5.74) is 1.50. The fourth-order valence-electron chi connectivity index (χ4n) is 2.32. The number of sulfonamides is 1. The molecule has 0 saturated carbocycles. The van der Waals surface area contributed by atoms with E-state index in [4.69, 9.17) is 16.3 Å². The topological polar surface area (TPSA) is 84.5 Å². The van der Waals surface area contributed by atoms with Gasteiger partial charge in [0.2, 0.25) is 10.0 Å². The van der Waals surface area contributed by atoms with Crippen LogP contribution in [0.3, 0.4) is 0 Å². The van der Waals surface area contributed by atoms with Gasteiger partial charge in [-0.15, -0.1) is 0 Å². The van der Waals surface area contributed by atoms with Gasteiger partial charge in [-0.1, -0.05) is 23.7 Å². The Labute approximate surface area is 158 Å². The Balaban J connectivity index is 2.08. The molecule has 0 aliphatic heterocycles. The molecule has 140 valence electrons. The molecule has 1 amide bonds. The molecule has 0 bridgehead atoms. The fraction of sp³-hybridized carbons (Fsp3) is 0.278. The smallest absolute Gasteiger partial charge is 0.251 e. The van der Waals surface area contributed by atoms with Crippen LogP contribution in [0.1, 0.15) is 35.8 Å². The van der Waals surface area contributed by atoms with Crippen LogP contribution >= 0.6 is 11.6 Å². The fourth-order valence-corrected chi connectivity index (χ4v) is 3.18. The molecule has 0 aromatic heterocycles. The molecule has 0 aliphatic rings. The van der Waals surface area contributed by atoms with Gasteiger partial charge in [0.1, 0.15) is 5.75 Å². The predicted molar refractivity (Wildman–Crippen MR) is 103 cm³/mol. The van der Waals surface area contributed by atoms with E-state index in [9.17, 15) is 13.2 Å². The molecule has 0 aliphatic carbocycles. The summed E-state index contributed by atoms with van der Waals surface area (Å²) in [7, 11) is -3.44. The Bertz CT molecular complexity index is 883. The van der Waals surface area contributed by atoms with Crippen LogP contribution < -0.4 is 14.8 Å². The van der Waals surface area contributed by atoms with Crippen molar-refractivity contribution in [2.45, 2.75) is 19.9 Å². The van der Waals surface area contributed by atoms with E-state index in [1.54, 1.807) is 0 Å². The zero-order valence-corrected chi connectivity index (χ0v) is 16.3. The highest BCUT2D eigenvalue weighted by Crippen LogP contribution is 2.24. The minimum absolute atomic E-state index is 0.150. The number of nitrogens with one attached hydrogen (secondary N) is 2. The Hall–Kier alpha value is -2.25. The van der Waals surface area contributed by atoms with Gasteiger partial charge in [0.25, 0.3) is 5.91 Å². The molecular weight excluding hydrogens is 376 g/mol. The number of anilines is 1. The van der Waals surface area contributed by atoms with Crippen molar-refractivity contribution in [1.29, 1.82) is 0 Å². The Morgan fingerprint density at radius 2 is 1.85 bits per heavy atom. The number of carbonyl (C=O) groups excluding carboxylic acids is 1. The third-order valence-corrected chi connectivity index (χ3v) is 4.47. The van der Waals surface area contributed by atoms with Gasteiger partial charge >= 0.3 is 0 Å². The molecule has 0 fully saturated rings. The molecule has 2 N–H and O–H groups in total. The van der Waals surface area contributed by atoms with Gasteiger partial charge in [-0.25, -0.2) is 8.42 Å². The molecular formula is C18H21ClN2O4S. The molecule has 8 heteroatoms. The molecule has 6 nitrogen and oxygen atoms in total. The summed E-state index contributed by atoms with van der Waals surface area (Å²) >= 11 is 6.06. The second-order valence-corrected chi connectivity index (χ2v) is 7.92. The van der Waals surface area contributed by atoms with E-state index in [0.717, 1.165) is 17.6 Å². The number of benzene rings is 2. The SMILES string of the molecule is CCOc1ccc(C(C)NC(=O)c2ccc(NS(C)(=O)=O)c(Cl)c2)cc1. The molecule has 0 heterocycles. The number of amides is 1. The van der Waals surface area contributed by atoms with E-state index < -0.39 is 10.0 Å². The van der Waals surface area contributed by atoms with Crippen LogP contribution in [0.25, 0.3) is 0 Å². The molecule has 26 heavy (non-hydrogen) atoms. The van der Waals surface area contributed by atoms with Crippen molar-refractivity contribution in [2.75, 3.05) is 17.6 Å². The van der Waals surface area contributed by atoms with Crippen LogP contribution in [0.15, 0.2) is 42.5 Å². The molecule has 2 rings (SSSR count). The largest absolute Gasteiger partial charge is 0.494 e. The van der Waals surface area contributed by atoms with Gasteiger partial charge in [-0.3, -0.25) is 9.52 Å². The zero-order valence-electron chi connectivity index (χ0n) is 14.7. The van der Waals surface area contributed by atoms with Crippen LogP contribution in [0, 0.1) is 0 Å². The Morgan fingerprint density at radius 3 is 2.38 bits per heavy atom. The summed E-state index contributed by atoms with van der Waals surface area (Å²) in [5, 5.41) is 3.03. The minimum atomic E-state index is -3.44. The van der Waals surface area contributed by atoms with Crippen LogP contribution in [0.5, 0.6) is 5.75 Å². The highest BCUT2D eigenvalue weighted by molar-refractivity contribution is 7.92. The second kappa shape index (κ2) is 8.42. The first kappa shape index (κ1) is 20.1. The molecule has 0 saturated heterocycles. The molecule has 1 unspecified atom stereocenters. The molecule has 0 radical (unpaired) electrons. The maximum Gasteiger partial charge on any atom is 0.251 e. The maximum atomic E-state index is 12.4. The Kier molecular flexibility index (Phi) is 6.50. The van der Waals surface area contributed by atoms with Crippen molar-refractivity contribution in [1.82, 2.24) is 5.32 Å². The summed E-state index contributed by atoms with van der Waals surface area (Å²) in [6, 6.07) is 11.7. The second-order valence-electron chi connectivity index (χ2n) is 5.77. The first-order valence-corrected chi connectivity index (χ1v) is 10.3. The lowest BCUT2D eigenvalue weighted by Crippen LogP contribution is -2.26. The highest BCUT2D eigenvalue weighted by Gasteiger charge is 2.14. The van der Waals surface area contributed by atoms with Gasteiger partial charge in [-0.05, 0) is 49.7 Å². The lowest BCUT2D eigenvalue weighted by molar-refractivity contribution is 0.0940. The lowest BCUT2D eigenvalue weighted by Gasteiger charge is -2.15. The van der Waals surface area contributed by atoms with Crippen LogP contribution in [-0.2, 0) is 10.0 Å². The van der Waals surface area contributed by atoms with E-state index in [-0.39, 0.29) is 22.7 Å². The monoisotopic (exact) mass is 396 g/mol. The van der Waals surface area contributed by atoms with E-state index in [1.165, 1.54) is 18.2 Å². The first-order chi connectivity index (χ1) is 12.2. The van der Waals surface area contributed by atoms with Gasteiger partial charge < -0.3 is 10.1 Å². The summed E-state index contributed by atoms with van der Waals surface area (Å²) in [6.07, 6.45) is 1.03. The number of ether oxygens (including phenoxy) is 1. The molecule has 0 spiro atoms. The van der Waals surface area contributed by atoms with Crippen molar-refractivity contribution < 1.29 is 17.9 Å². The predicted octanol–water partition coefficient (Wildman–Crippen LogP) is 3.60. The number of hydrogen-bond donors (Lipinski definition) is 2. The van der Waals surface area contributed by atoms with Crippen molar-refractivity contribution in [3.63, 3.8) is 0 Å². The van der Waals surface area contributed by atoms with Crippen molar-refractivity contribution in [3.05, 3.63) is 58.6 Å². The van der Waals surface area contributed by atoms with Crippen molar-refractivity contribution in [2.24, 2.45) is 0 Å². The average Bonchev–Trinajstić information content (AvgIpc) is 2.56. The van der Waals surface area contributed by atoms with Gasteiger partial charge in [0.15, 0.2) is 0 Å². The van der Waals surface area contributed by atoms with Crippen molar-refractivity contribution >= 4 is 33.2 Å². The van der Waals surface area contributed by atoms with Crippen molar-refractivity contribution in [3.8, 4) is 5.75 Å². The first-order valence-electron chi connectivity index (χ1n) is 8.00. The molecule has 2 aromatic carbocycles. The lowest BCUT2D eigenvalue weighted by atomic mass is 10.1.